The normalized spacial score (nSPS) is 15.2. The van der Waals surface area contributed by atoms with Gasteiger partial charge in [-0.05, 0) is 22.9 Å². The Hall–Kier alpha value is -2.90. The summed E-state index contributed by atoms with van der Waals surface area (Å²) in [6.07, 6.45) is 1.49. The summed E-state index contributed by atoms with van der Waals surface area (Å²) in [6.45, 7) is 4.21. The monoisotopic (exact) mass is 365 g/mol. The van der Waals surface area contributed by atoms with Gasteiger partial charge in [-0.15, -0.1) is 0 Å². The van der Waals surface area contributed by atoms with Gasteiger partial charge < -0.3 is 20.5 Å². The first-order chi connectivity index (χ1) is 13.2. The Morgan fingerprint density at radius 3 is 2.56 bits per heavy atom. The van der Waals surface area contributed by atoms with Gasteiger partial charge in [0.1, 0.15) is 17.8 Å². The minimum absolute atomic E-state index is 0.180. The molecule has 0 bridgehead atoms. The predicted octanol–water partition coefficient (Wildman–Crippen LogP) is 2.12. The molecule has 0 atom stereocenters. The van der Waals surface area contributed by atoms with Crippen molar-refractivity contribution in [1.82, 2.24) is 14.9 Å². The van der Waals surface area contributed by atoms with Crippen molar-refractivity contribution >= 4 is 22.3 Å². The molecule has 4 rings (SSSR count). The molecule has 1 fully saturated rings. The predicted molar refractivity (Wildman–Crippen MR) is 106 cm³/mol. The molecule has 1 aromatic heterocycles. The van der Waals surface area contributed by atoms with Crippen molar-refractivity contribution in [2.24, 2.45) is 0 Å². The second-order valence-corrected chi connectivity index (χ2v) is 6.58. The number of aliphatic hydroxyl groups excluding tert-OH is 1. The summed E-state index contributed by atoms with van der Waals surface area (Å²) in [7, 11) is 0. The van der Waals surface area contributed by atoms with E-state index in [2.05, 4.69) is 25.8 Å². The van der Waals surface area contributed by atoms with Gasteiger partial charge in [0.25, 0.3) is 0 Å². The summed E-state index contributed by atoms with van der Waals surface area (Å²) in [4.78, 5) is 13.0. The highest BCUT2D eigenvalue weighted by Crippen LogP contribution is 2.32. The molecule has 7 heteroatoms. The highest BCUT2D eigenvalue weighted by Gasteiger charge is 2.21. The number of benzene rings is 2. The van der Waals surface area contributed by atoms with Crippen LogP contribution in [-0.4, -0.2) is 59.3 Å². The van der Waals surface area contributed by atoms with Crippen LogP contribution in [0.15, 0.2) is 48.8 Å². The van der Waals surface area contributed by atoms with Crippen LogP contribution in [0.1, 0.15) is 0 Å². The van der Waals surface area contributed by atoms with Crippen LogP contribution < -0.4 is 15.4 Å². The molecule has 7 nitrogen and oxygen atoms in total. The Morgan fingerprint density at radius 1 is 1.00 bits per heavy atom. The lowest BCUT2D eigenvalue weighted by Gasteiger charge is -2.35. The van der Waals surface area contributed by atoms with Crippen molar-refractivity contribution in [3.05, 3.63) is 48.8 Å². The molecule has 0 aliphatic carbocycles. The number of nitrogens with two attached hydrogens (primary N) is 1. The average molecular weight is 365 g/mol. The fraction of sp³-hybridized carbons (Fsp3) is 0.300. The lowest BCUT2D eigenvalue weighted by atomic mass is 10.1. The zero-order valence-corrected chi connectivity index (χ0v) is 15.1. The number of aromatic nitrogens is 2. The second kappa shape index (κ2) is 7.77. The van der Waals surface area contributed by atoms with Gasteiger partial charge in [-0.1, -0.05) is 30.3 Å². The molecule has 2 aromatic carbocycles. The minimum Gasteiger partial charge on any atom is -0.437 e. The lowest BCUT2D eigenvalue weighted by Crippen LogP contribution is -2.47. The van der Waals surface area contributed by atoms with Crippen molar-refractivity contribution in [2.45, 2.75) is 0 Å². The van der Waals surface area contributed by atoms with Gasteiger partial charge in [-0.2, -0.15) is 4.98 Å². The maximum atomic E-state index is 9.08. The average Bonchev–Trinajstić information content (AvgIpc) is 2.70. The number of anilines is 2. The third-order valence-electron chi connectivity index (χ3n) is 4.85. The van der Waals surface area contributed by atoms with Crippen LogP contribution in [0.5, 0.6) is 11.6 Å². The molecule has 27 heavy (non-hydrogen) atoms. The Balaban J connectivity index is 1.53. The van der Waals surface area contributed by atoms with Crippen molar-refractivity contribution < 1.29 is 9.84 Å². The summed E-state index contributed by atoms with van der Waals surface area (Å²) < 4.78 is 5.96. The molecule has 0 amide bonds. The minimum atomic E-state index is 0.180. The molecular formula is C20H23N5O2. The fourth-order valence-electron chi connectivity index (χ4n) is 3.37. The van der Waals surface area contributed by atoms with Gasteiger partial charge >= 0.3 is 0 Å². The lowest BCUT2D eigenvalue weighted by molar-refractivity contribution is 0.188. The molecular weight excluding hydrogens is 342 g/mol. The molecule has 0 unspecified atom stereocenters. The maximum absolute atomic E-state index is 9.08. The van der Waals surface area contributed by atoms with E-state index in [0.717, 1.165) is 37.0 Å². The summed E-state index contributed by atoms with van der Waals surface area (Å²) in [6, 6.07) is 14.0. The smallest absolute Gasteiger partial charge is 0.248 e. The zero-order chi connectivity index (χ0) is 18.6. The number of hydrogen-bond acceptors (Lipinski definition) is 7. The van der Waals surface area contributed by atoms with Crippen molar-refractivity contribution in [2.75, 3.05) is 50.0 Å². The third kappa shape index (κ3) is 3.79. The van der Waals surface area contributed by atoms with E-state index in [1.165, 1.54) is 6.33 Å². The van der Waals surface area contributed by atoms with Gasteiger partial charge in [-0.25, -0.2) is 4.98 Å². The van der Waals surface area contributed by atoms with E-state index < -0.39 is 0 Å². The summed E-state index contributed by atoms with van der Waals surface area (Å²) in [5.74, 6) is 1.76. The highest BCUT2D eigenvalue weighted by atomic mass is 16.5. The number of fused-ring (bicyclic) bond motifs is 1. The largest absolute Gasteiger partial charge is 0.437 e. The number of β-amino-alcohol motifs (C(OH)–C–C–N with tert-alkyl or cyclic N) is 1. The fourth-order valence-corrected chi connectivity index (χ4v) is 3.37. The number of ether oxygens (including phenoxy) is 1. The number of hydrogen-bond donors (Lipinski definition) is 2. The number of aliphatic hydroxyl groups is 1. The standard InChI is InChI=1S/C20H23N5O2/c21-18-19(25-9-7-24(8-10-25)11-12-26)22-14-23-20(18)27-17-6-5-15-3-1-2-4-16(15)13-17/h1-6,13-14,26H,7-12,21H2. The van der Waals surface area contributed by atoms with E-state index in [1.54, 1.807) is 0 Å². The molecule has 3 N–H and O–H groups in total. The van der Waals surface area contributed by atoms with Gasteiger partial charge in [0, 0.05) is 32.7 Å². The van der Waals surface area contributed by atoms with E-state index in [0.29, 0.717) is 29.7 Å². The zero-order valence-electron chi connectivity index (χ0n) is 15.1. The molecule has 0 spiro atoms. The van der Waals surface area contributed by atoms with Crippen LogP contribution in [0.2, 0.25) is 0 Å². The van der Waals surface area contributed by atoms with Crippen LogP contribution >= 0.6 is 0 Å². The number of nitrogen functional groups attached to an aromatic ring is 1. The van der Waals surface area contributed by atoms with Gasteiger partial charge in [0.05, 0.1) is 6.61 Å². The van der Waals surface area contributed by atoms with Crippen LogP contribution in [0.25, 0.3) is 10.8 Å². The quantitative estimate of drug-likeness (QED) is 0.716. The third-order valence-corrected chi connectivity index (χ3v) is 4.85. The van der Waals surface area contributed by atoms with Gasteiger partial charge in [0.2, 0.25) is 5.88 Å². The Labute approximate surface area is 158 Å². The van der Waals surface area contributed by atoms with Crippen LogP contribution in [0, 0.1) is 0 Å². The van der Waals surface area contributed by atoms with Gasteiger partial charge in [-0.3, -0.25) is 4.90 Å². The molecule has 1 aliphatic heterocycles. The van der Waals surface area contributed by atoms with Crippen LogP contribution in [0.4, 0.5) is 11.5 Å². The molecule has 3 aromatic rings. The van der Waals surface area contributed by atoms with E-state index in [1.807, 2.05) is 36.4 Å². The van der Waals surface area contributed by atoms with Gasteiger partial charge in [0.15, 0.2) is 5.82 Å². The molecule has 0 radical (unpaired) electrons. The first kappa shape index (κ1) is 17.5. The van der Waals surface area contributed by atoms with Crippen molar-refractivity contribution in [1.29, 1.82) is 0 Å². The van der Waals surface area contributed by atoms with Crippen LogP contribution in [-0.2, 0) is 0 Å². The van der Waals surface area contributed by atoms with E-state index in [4.69, 9.17) is 15.6 Å². The maximum Gasteiger partial charge on any atom is 0.248 e. The molecule has 0 saturated carbocycles. The first-order valence-electron chi connectivity index (χ1n) is 9.10. The van der Waals surface area contributed by atoms with Crippen molar-refractivity contribution in [3.8, 4) is 11.6 Å². The number of rotatable bonds is 5. The topological polar surface area (TPSA) is 87.7 Å². The Morgan fingerprint density at radius 2 is 1.78 bits per heavy atom. The summed E-state index contributed by atoms with van der Waals surface area (Å²) in [5, 5.41) is 11.3. The second-order valence-electron chi connectivity index (χ2n) is 6.58. The van der Waals surface area contributed by atoms with E-state index in [9.17, 15) is 0 Å². The molecule has 2 heterocycles. The molecule has 1 aliphatic rings. The Kier molecular flexibility index (Phi) is 5.04. The van der Waals surface area contributed by atoms with E-state index in [-0.39, 0.29) is 6.61 Å². The number of piperazine rings is 1. The van der Waals surface area contributed by atoms with E-state index >= 15 is 0 Å². The summed E-state index contributed by atoms with van der Waals surface area (Å²) >= 11 is 0. The summed E-state index contributed by atoms with van der Waals surface area (Å²) in [5.41, 5.74) is 6.77. The Bertz CT molecular complexity index is 925. The first-order valence-corrected chi connectivity index (χ1v) is 9.10. The molecule has 140 valence electrons. The SMILES string of the molecule is Nc1c(Oc2ccc3ccccc3c2)ncnc1N1CCN(CCO)CC1. The van der Waals surface area contributed by atoms with Crippen molar-refractivity contribution in [3.63, 3.8) is 0 Å². The molecule has 1 saturated heterocycles. The number of nitrogens with zero attached hydrogens (tertiary/aromatic N) is 4. The van der Waals surface area contributed by atoms with Crippen LogP contribution in [0.3, 0.4) is 0 Å². The highest BCUT2D eigenvalue weighted by molar-refractivity contribution is 5.83.